The van der Waals surface area contributed by atoms with Crippen LogP contribution in [0.2, 0.25) is 0 Å². The van der Waals surface area contributed by atoms with Gasteiger partial charge in [-0.15, -0.1) is 0 Å². The molecule has 0 spiro atoms. The van der Waals surface area contributed by atoms with Crippen molar-refractivity contribution >= 4 is 5.69 Å². The van der Waals surface area contributed by atoms with Crippen LogP contribution in [-0.2, 0) is 5.41 Å². The molecule has 0 amide bonds. The Bertz CT molecular complexity index is 430. The van der Waals surface area contributed by atoms with Gasteiger partial charge >= 0.3 is 0 Å². The summed E-state index contributed by atoms with van der Waals surface area (Å²) in [6.07, 6.45) is 2.78. The first kappa shape index (κ1) is 13.0. The van der Waals surface area contributed by atoms with Crippen LogP contribution in [0.4, 0.5) is 5.69 Å². The van der Waals surface area contributed by atoms with E-state index in [9.17, 15) is 0 Å². The fourth-order valence-electron chi connectivity index (χ4n) is 3.40. The van der Waals surface area contributed by atoms with Crippen LogP contribution in [0.5, 0.6) is 0 Å². The Labute approximate surface area is 117 Å². The molecule has 2 aliphatic rings. The molecule has 2 nitrogen and oxygen atoms in total. The lowest BCUT2D eigenvalue weighted by atomic mass is 9.87. The fourth-order valence-corrected chi connectivity index (χ4v) is 3.40. The van der Waals surface area contributed by atoms with Crippen molar-refractivity contribution in [3.63, 3.8) is 0 Å². The fraction of sp³-hybridized carbons (Fsp3) is 0.647. The number of piperazine rings is 1. The third-order valence-corrected chi connectivity index (χ3v) is 4.69. The lowest BCUT2D eigenvalue weighted by molar-refractivity contribution is 0.231. The summed E-state index contributed by atoms with van der Waals surface area (Å²) in [5, 5.41) is 0. The van der Waals surface area contributed by atoms with E-state index < -0.39 is 0 Å². The molecule has 19 heavy (non-hydrogen) atoms. The van der Waals surface area contributed by atoms with Crippen LogP contribution in [0.25, 0.3) is 0 Å². The zero-order valence-corrected chi connectivity index (χ0v) is 12.5. The van der Waals surface area contributed by atoms with E-state index in [1.807, 2.05) is 0 Å². The molecule has 0 N–H and O–H groups in total. The van der Waals surface area contributed by atoms with Crippen molar-refractivity contribution in [2.24, 2.45) is 0 Å². The highest BCUT2D eigenvalue weighted by atomic mass is 15.3. The second-order valence-electron chi connectivity index (χ2n) is 7.07. The first-order valence-electron chi connectivity index (χ1n) is 7.63. The van der Waals surface area contributed by atoms with Crippen molar-refractivity contribution < 1.29 is 0 Å². The zero-order chi connectivity index (χ0) is 13.5. The Morgan fingerprint density at radius 1 is 1.00 bits per heavy atom. The average molecular weight is 258 g/mol. The maximum atomic E-state index is 2.67. The van der Waals surface area contributed by atoms with Crippen molar-refractivity contribution in [3.05, 3.63) is 29.8 Å². The highest BCUT2D eigenvalue weighted by Gasteiger charge is 2.30. The normalized spacial score (nSPS) is 24.6. The number of rotatable bonds is 1. The first-order valence-corrected chi connectivity index (χ1v) is 7.63. The van der Waals surface area contributed by atoms with Gasteiger partial charge in [-0.25, -0.2) is 0 Å². The number of benzene rings is 1. The van der Waals surface area contributed by atoms with Crippen molar-refractivity contribution in [2.75, 3.05) is 31.1 Å². The molecule has 3 rings (SSSR count). The van der Waals surface area contributed by atoms with Crippen LogP contribution in [-0.4, -0.2) is 37.1 Å². The van der Waals surface area contributed by atoms with Gasteiger partial charge in [-0.3, -0.25) is 4.90 Å². The molecule has 104 valence electrons. The van der Waals surface area contributed by atoms with Gasteiger partial charge in [0.1, 0.15) is 0 Å². The minimum absolute atomic E-state index is 0.253. The summed E-state index contributed by atoms with van der Waals surface area (Å²) in [5.41, 5.74) is 3.08. The average Bonchev–Trinajstić information content (AvgIpc) is 2.85. The van der Waals surface area contributed by atoms with Crippen LogP contribution in [0, 0.1) is 0 Å². The highest BCUT2D eigenvalue weighted by Crippen LogP contribution is 2.28. The van der Waals surface area contributed by atoms with Gasteiger partial charge in [-0.05, 0) is 42.5 Å². The largest absolute Gasteiger partial charge is 0.369 e. The number of nitrogens with zero attached hydrogens (tertiary/aromatic N) is 2. The summed E-state index contributed by atoms with van der Waals surface area (Å²) in [7, 11) is 0. The van der Waals surface area contributed by atoms with Crippen LogP contribution in [0.1, 0.15) is 39.2 Å². The topological polar surface area (TPSA) is 6.48 Å². The van der Waals surface area contributed by atoms with Crippen molar-refractivity contribution in [3.8, 4) is 0 Å². The lowest BCUT2D eigenvalue weighted by Crippen LogP contribution is -2.50. The molecule has 1 atom stereocenters. The third kappa shape index (κ3) is 2.64. The van der Waals surface area contributed by atoms with E-state index in [0.717, 1.165) is 6.04 Å². The van der Waals surface area contributed by atoms with Gasteiger partial charge < -0.3 is 4.90 Å². The molecule has 2 heteroatoms. The van der Waals surface area contributed by atoms with Gasteiger partial charge in [0.05, 0.1) is 0 Å². The second-order valence-corrected chi connectivity index (χ2v) is 7.07. The van der Waals surface area contributed by atoms with E-state index in [-0.39, 0.29) is 5.41 Å². The molecule has 2 heterocycles. The molecule has 2 aliphatic heterocycles. The zero-order valence-electron chi connectivity index (χ0n) is 12.5. The second kappa shape index (κ2) is 4.82. The quantitative estimate of drug-likeness (QED) is 0.763. The molecule has 1 aromatic rings. The predicted octanol–water partition coefficient (Wildman–Crippen LogP) is 3.27. The standard InChI is InChI=1S/C17H26N2/c1-17(2,3)14-6-8-15(9-7-14)19-12-11-18-10-4-5-16(18)13-19/h6-9,16H,4-5,10-13H2,1-3H3/t16-/m0/s1. The summed E-state index contributed by atoms with van der Waals surface area (Å²) in [6, 6.07) is 10.0. The number of anilines is 1. The van der Waals surface area contributed by atoms with Crippen LogP contribution in [0.3, 0.4) is 0 Å². The van der Waals surface area contributed by atoms with E-state index in [2.05, 4.69) is 54.8 Å². The van der Waals surface area contributed by atoms with Gasteiger partial charge in [-0.2, -0.15) is 0 Å². The van der Waals surface area contributed by atoms with Gasteiger partial charge in [0.15, 0.2) is 0 Å². The third-order valence-electron chi connectivity index (χ3n) is 4.69. The Hall–Kier alpha value is -1.02. The Kier molecular flexibility index (Phi) is 3.30. The predicted molar refractivity (Wildman–Crippen MR) is 82.0 cm³/mol. The van der Waals surface area contributed by atoms with Crippen LogP contribution in [0.15, 0.2) is 24.3 Å². The number of hydrogen-bond acceptors (Lipinski definition) is 2. The minimum Gasteiger partial charge on any atom is -0.369 e. The summed E-state index contributed by atoms with van der Waals surface area (Å²) in [4.78, 5) is 5.24. The Morgan fingerprint density at radius 2 is 1.74 bits per heavy atom. The van der Waals surface area contributed by atoms with Crippen molar-refractivity contribution in [1.29, 1.82) is 0 Å². The number of fused-ring (bicyclic) bond motifs is 1. The summed E-state index contributed by atoms with van der Waals surface area (Å²) in [6.45, 7) is 11.8. The monoisotopic (exact) mass is 258 g/mol. The lowest BCUT2D eigenvalue weighted by Gasteiger charge is -2.39. The molecule has 0 radical (unpaired) electrons. The molecule has 0 bridgehead atoms. The maximum Gasteiger partial charge on any atom is 0.0367 e. The van der Waals surface area contributed by atoms with Gasteiger partial charge in [0.2, 0.25) is 0 Å². The molecule has 2 fully saturated rings. The smallest absolute Gasteiger partial charge is 0.0367 e. The maximum absolute atomic E-state index is 2.67. The molecule has 1 aromatic carbocycles. The SMILES string of the molecule is CC(C)(C)c1ccc(N2CCN3CCC[C@H]3C2)cc1. The van der Waals surface area contributed by atoms with Crippen molar-refractivity contribution in [2.45, 2.75) is 45.1 Å². The molecule has 0 unspecified atom stereocenters. The van der Waals surface area contributed by atoms with E-state index in [4.69, 9.17) is 0 Å². The first-order chi connectivity index (χ1) is 9.04. The van der Waals surface area contributed by atoms with E-state index in [1.54, 1.807) is 0 Å². The van der Waals surface area contributed by atoms with Crippen molar-refractivity contribution in [1.82, 2.24) is 4.90 Å². The summed E-state index contributed by atoms with van der Waals surface area (Å²) in [5.74, 6) is 0. The minimum atomic E-state index is 0.253. The van der Waals surface area contributed by atoms with E-state index in [1.165, 1.54) is 50.3 Å². The Morgan fingerprint density at radius 3 is 2.42 bits per heavy atom. The Balaban J connectivity index is 1.72. The molecular formula is C17H26N2. The van der Waals surface area contributed by atoms with Gasteiger partial charge in [-0.1, -0.05) is 32.9 Å². The van der Waals surface area contributed by atoms with Crippen LogP contribution >= 0.6 is 0 Å². The van der Waals surface area contributed by atoms with E-state index >= 15 is 0 Å². The van der Waals surface area contributed by atoms with Gasteiger partial charge in [0.25, 0.3) is 0 Å². The molecule has 2 saturated heterocycles. The van der Waals surface area contributed by atoms with Crippen LogP contribution < -0.4 is 4.90 Å². The molecule has 0 saturated carbocycles. The molecular weight excluding hydrogens is 232 g/mol. The summed E-state index contributed by atoms with van der Waals surface area (Å²) >= 11 is 0. The highest BCUT2D eigenvalue weighted by molar-refractivity contribution is 5.49. The molecule has 0 aliphatic carbocycles. The van der Waals surface area contributed by atoms with E-state index in [0.29, 0.717) is 0 Å². The summed E-state index contributed by atoms with van der Waals surface area (Å²) < 4.78 is 0. The number of hydrogen-bond donors (Lipinski definition) is 0. The van der Waals surface area contributed by atoms with Gasteiger partial charge in [0, 0.05) is 31.4 Å². The molecule has 0 aromatic heterocycles.